The predicted molar refractivity (Wildman–Crippen MR) is 77.3 cm³/mol. The van der Waals surface area contributed by atoms with Crippen LogP contribution in [0.15, 0.2) is 48.5 Å². The topological polar surface area (TPSA) is 0 Å². The highest BCUT2D eigenvalue weighted by Crippen LogP contribution is 2.28. The van der Waals surface area contributed by atoms with Crippen LogP contribution < -0.4 is 0 Å². The molecule has 2 aromatic rings. The summed E-state index contributed by atoms with van der Waals surface area (Å²) in [5.74, 6) is 1.52. The molecule has 0 heterocycles. The molecule has 0 aliphatic heterocycles. The molecule has 0 saturated heterocycles. The Morgan fingerprint density at radius 2 is 1.00 bits per heavy atom. The van der Waals surface area contributed by atoms with Crippen LogP contribution in [0.3, 0.4) is 0 Å². The molecule has 0 atom stereocenters. The predicted octanol–water partition coefficient (Wildman–Crippen LogP) is 4.21. The van der Waals surface area contributed by atoms with Gasteiger partial charge in [-0.2, -0.15) is 25.3 Å². The smallest absolute Gasteiger partial charge is 0.0160 e. The third kappa shape index (κ3) is 2.28. The zero-order valence-corrected chi connectivity index (χ0v) is 10.7. The summed E-state index contributed by atoms with van der Waals surface area (Å²) >= 11 is 8.75. The first-order valence-electron chi connectivity index (χ1n) is 5.24. The molecule has 0 aliphatic rings. The van der Waals surface area contributed by atoms with E-state index in [0.717, 1.165) is 11.5 Å². The molecule has 0 amide bonds. The number of benzene rings is 2. The first kappa shape index (κ1) is 11.6. The Hall–Kier alpha value is -0.860. The van der Waals surface area contributed by atoms with Gasteiger partial charge in [0.2, 0.25) is 0 Å². The van der Waals surface area contributed by atoms with Crippen molar-refractivity contribution in [1.82, 2.24) is 0 Å². The summed E-state index contributed by atoms with van der Waals surface area (Å²) in [5, 5.41) is 0. The molecule has 0 aromatic heterocycles. The summed E-state index contributed by atoms with van der Waals surface area (Å²) < 4.78 is 0. The van der Waals surface area contributed by atoms with Crippen LogP contribution in [0.4, 0.5) is 0 Å². The van der Waals surface area contributed by atoms with Gasteiger partial charge in [-0.05, 0) is 22.3 Å². The average Bonchev–Trinajstić information content (AvgIpc) is 2.38. The molecule has 16 heavy (non-hydrogen) atoms. The molecule has 0 N–H and O–H groups in total. The number of hydrogen-bond acceptors (Lipinski definition) is 2. The lowest BCUT2D eigenvalue weighted by Gasteiger charge is -2.11. The van der Waals surface area contributed by atoms with E-state index in [2.05, 4.69) is 73.8 Å². The monoisotopic (exact) mass is 246 g/mol. The Bertz CT molecular complexity index is 432. The van der Waals surface area contributed by atoms with Crippen molar-refractivity contribution < 1.29 is 0 Å². The molecule has 2 heteroatoms. The summed E-state index contributed by atoms with van der Waals surface area (Å²) in [5.41, 5.74) is 5.06. The minimum Gasteiger partial charge on any atom is -0.175 e. The largest absolute Gasteiger partial charge is 0.175 e. The summed E-state index contributed by atoms with van der Waals surface area (Å²) in [6.45, 7) is 0. The maximum atomic E-state index is 4.37. The van der Waals surface area contributed by atoms with Crippen LogP contribution in [0.2, 0.25) is 0 Å². The Balaban J connectivity index is 2.58. The third-order valence-electron chi connectivity index (χ3n) is 2.67. The van der Waals surface area contributed by atoms with Gasteiger partial charge in [0.1, 0.15) is 0 Å². The molecule has 0 spiro atoms. The van der Waals surface area contributed by atoms with E-state index in [1.54, 1.807) is 0 Å². The highest BCUT2D eigenvalue weighted by Gasteiger charge is 2.06. The number of rotatable bonds is 3. The van der Waals surface area contributed by atoms with E-state index in [1.807, 2.05) is 0 Å². The molecule has 0 aliphatic carbocycles. The Kier molecular flexibility index (Phi) is 3.97. The molecule has 0 radical (unpaired) electrons. The lowest BCUT2D eigenvalue weighted by atomic mass is 9.97. The normalized spacial score (nSPS) is 10.4. The molecule has 0 fully saturated rings. The first-order chi connectivity index (χ1) is 7.86. The molecule has 2 rings (SSSR count). The lowest BCUT2D eigenvalue weighted by Crippen LogP contribution is -1.90. The van der Waals surface area contributed by atoms with Crippen LogP contribution in [-0.4, -0.2) is 0 Å². The van der Waals surface area contributed by atoms with Crippen LogP contribution in [-0.2, 0) is 11.5 Å². The molecular formula is C14H14S2. The quantitative estimate of drug-likeness (QED) is 0.745. The summed E-state index contributed by atoms with van der Waals surface area (Å²) in [6.07, 6.45) is 0. The van der Waals surface area contributed by atoms with Crippen molar-refractivity contribution >= 4 is 25.3 Å². The second-order valence-corrected chi connectivity index (χ2v) is 4.26. The van der Waals surface area contributed by atoms with Gasteiger partial charge in [-0.15, -0.1) is 0 Å². The van der Waals surface area contributed by atoms with Gasteiger partial charge >= 0.3 is 0 Å². The van der Waals surface area contributed by atoms with Crippen LogP contribution >= 0.6 is 25.3 Å². The van der Waals surface area contributed by atoms with Crippen molar-refractivity contribution in [2.75, 3.05) is 0 Å². The molecule has 2 aromatic carbocycles. The second-order valence-electron chi connectivity index (χ2n) is 3.63. The highest BCUT2D eigenvalue weighted by molar-refractivity contribution is 7.79. The van der Waals surface area contributed by atoms with E-state index in [9.17, 15) is 0 Å². The maximum Gasteiger partial charge on any atom is 0.0160 e. The molecule has 0 nitrogen and oxygen atoms in total. The summed E-state index contributed by atoms with van der Waals surface area (Å²) in [6, 6.07) is 16.8. The van der Waals surface area contributed by atoms with Crippen LogP contribution in [0.25, 0.3) is 11.1 Å². The van der Waals surface area contributed by atoms with Gasteiger partial charge in [0.05, 0.1) is 0 Å². The third-order valence-corrected chi connectivity index (χ3v) is 3.35. The van der Waals surface area contributed by atoms with Crippen molar-refractivity contribution in [3.05, 3.63) is 59.7 Å². The molecular weight excluding hydrogens is 232 g/mol. The fourth-order valence-electron chi connectivity index (χ4n) is 1.84. The maximum absolute atomic E-state index is 4.37. The van der Waals surface area contributed by atoms with Gasteiger partial charge in [0.25, 0.3) is 0 Å². The van der Waals surface area contributed by atoms with E-state index >= 15 is 0 Å². The van der Waals surface area contributed by atoms with Crippen LogP contribution in [0, 0.1) is 0 Å². The highest BCUT2D eigenvalue weighted by atomic mass is 32.1. The number of thiol groups is 2. The zero-order chi connectivity index (χ0) is 11.4. The Labute approximate surface area is 108 Å². The zero-order valence-electron chi connectivity index (χ0n) is 8.93. The van der Waals surface area contributed by atoms with Crippen LogP contribution in [0.5, 0.6) is 0 Å². The van der Waals surface area contributed by atoms with Gasteiger partial charge in [-0.3, -0.25) is 0 Å². The van der Waals surface area contributed by atoms with Gasteiger partial charge in [-0.25, -0.2) is 0 Å². The van der Waals surface area contributed by atoms with Gasteiger partial charge < -0.3 is 0 Å². The van der Waals surface area contributed by atoms with Crippen molar-refractivity contribution in [2.45, 2.75) is 11.5 Å². The first-order valence-corrected chi connectivity index (χ1v) is 6.51. The minimum absolute atomic E-state index is 0.761. The van der Waals surface area contributed by atoms with Crippen LogP contribution in [0.1, 0.15) is 11.1 Å². The van der Waals surface area contributed by atoms with Crippen molar-refractivity contribution in [2.24, 2.45) is 0 Å². The fourth-order valence-corrected chi connectivity index (χ4v) is 2.39. The van der Waals surface area contributed by atoms with Gasteiger partial charge in [-0.1, -0.05) is 48.5 Å². The van der Waals surface area contributed by atoms with Gasteiger partial charge in [0.15, 0.2) is 0 Å². The van der Waals surface area contributed by atoms with E-state index in [4.69, 9.17) is 0 Å². The second kappa shape index (κ2) is 5.46. The summed E-state index contributed by atoms with van der Waals surface area (Å²) in [7, 11) is 0. The number of hydrogen-bond donors (Lipinski definition) is 2. The molecule has 0 bridgehead atoms. The van der Waals surface area contributed by atoms with E-state index in [1.165, 1.54) is 22.3 Å². The van der Waals surface area contributed by atoms with Crippen molar-refractivity contribution in [3.8, 4) is 11.1 Å². The molecule has 0 saturated carbocycles. The Morgan fingerprint density at radius 3 is 1.38 bits per heavy atom. The average molecular weight is 246 g/mol. The molecule has 0 unspecified atom stereocenters. The Morgan fingerprint density at radius 1 is 0.625 bits per heavy atom. The van der Waals surface area contributed by atoms with E-state index in [0.29, 0.717) is 0 Å². The SMILES string of the molecule is SCc1ccccc1-c1ccccc1CS. The summed E-state index contributed by atoms with van der Waals surface area (Å²) in [4.78, 5) is 0. The fraction of sp³-hybridized carbons (Fsp3) is 0.143. The lowest BCUT2D eigenvalue weighted by molar-refractivity contribution is 1.37. The van der Waals surface area contributed by atoms with Gasteiger partial charge in [0, 0.05) is 11.5 Å². The van der Waals surface area contributed by atoms with Crippen molar-refractivity contribution in [1.29, 1.82) is 0 Å². The van der Waals surface area contributed by atoms with E-state index < -0.39 is 0 Å². The molecule has 82 valence electrons. The minimum atomic E-state index is 0.761. The van der Waals surface area contributed by atoms with Crippen molar-refractivity contribution in [3.63, 3.8) is 0 Å². The van der Waals surface area contributed by atoms with E-state index in [-0.39, 0.29) is 0 Å². The standard InChI is InChI=1S/C14H14S2/c15-9-11-5-1-3-7-13(11)14-8-4-2-6-12(14)10-16/h1-8,15-16H,9-10H2.